The van der Waals surface area contributed by atoms with Crippen LogP contribution in [0.3, 0.4) is 0 Å². The van der Waals surface area contributed by atoms with Crippen molar-refractivity contribution in [2.24, 2.45) is 0 Å². The fourth-order valence-corrected chi connectivity index (χ4v) is 6.39. The number of carbonyl (C=O) groups is 1. The summed E-state index contributed by atoms with van der Waals surface area (Å²) in [6, 6.07) is 20.7. The number of aliphatic hydroxyl groups excluding tert-OH is 2. The van der Waals surface area contributed by atoms with E-state index in [2.05, 4.69) is 69.4 Å². The van der Waals surface area contributed by atoms with Crippen molar-refractivity contribution in [2.45, 2.75) is 82.8 Å². The Balaban J connectivity index is 1.18. The molecule has 0 saturated heterocycles. The van der Waals surface area contributed by atoms with Crippen molar-refractivity contribution in [3.63, 3.8) is 0 Å². The van der Waals surface area contributed by atoms with E-state index >= 15 is 0 Å². The lowest BCUT2D eigenvalue weighted by Crippen LogP contribution is -2.35. The molecule has 0 heterocycles. The molecule has 0 radical (unpaired) electrons. The maximum atomic E-state index is 12.5. The van der Waals surface area contributed by atoms with Gasteiger partial charge < -0.3 is 20.3 Å². The fraction of sp³-hybridized carbons (Fsp3) is 0.441. The molecule has 5 heteroatoms. The second-order valence-corrected chi connectivity index (χ2v) is 12.6. The van der Waals surface area contributed by atoms with Gasteiger partial charge in [-0.3, -0.25) is 0 Å². The van der Waals surface area contributed by atoms with Gasteiger partial charge in [0.1, 0.15) is 12.7 Å². The highest BCUT2D eigenvalue weighted by Gasteiger charge is 2.38. The van der Waals surface area contributed by atoms with E-state index in [0.717, 1.165) is 35.1 Å². The molecule has 0 bridgehead atoms. The van der Waals surface area contributed by atoms with Crippen LogP contribution in [0.4, 0.5) is 4.79 Å². The summed E-state index contributed by atoms with van der Waals surface area (Å²) in [5.74, 6) is -0.00299. The molecule has 3 aromatic rings. The third-order valence-electron chi connectivity index (χ3n) is 8.98. The summed E-state index contributed by atoms with van der Waals surface area (Å²) in [5, 5.41) is 24.6. The first-order valence-corrected chi connectivity index (χ1v) is 14.1. The van der Waals surface area contributed by atoms with Gasteiger partial charge in [0, 0.05) is 12.5 Å². The van der Waals surface area contributed by atoms with E-state index in [1.165, 1.54) is 22.3 Å². The fourth-order valence-electron chi connectivity index (χ4n) is 6.39. The first-order chi connectivity index (χ1) is 18.5. The molecule has 0 aromatic heterocycles. The van der Waals surface area contributed by atoms with E-state index in [4.69, 9.17) is 4.74 Å². The summed E-state index contributed by atoms with van der Waals surface area (Å²) in [7, 11) is 0. The monoisotopic (exact) mass is 527 g/mol. The van der Waals surface area contributed by atoms with Crippen LogP contribution in [-0.2, 0) is 15.6 Å². The normalized spacial score (nSPS) is 18.4. The summed E-state index contributed by atoms with van der Waals surface area (Å²) in [6.07, 6.45) is -0.128. The summed E-state index contributed by atoms with van der Waals surface area (Å²) >= 11 is 0. The quantitative estimate of drug-likeness (QED) is 0.321. The Labute approximate surface area is 232 Å². The molecule has 206 valence electrons. The number of carbonyl (C=O) groups excluding carboxylic acids is 1. The van der Waals surface area contributed by atoms with E-state index in [1.807, 2.05) is 31.2 Å². The van der Waals surface area contributed by atoms with Crippen LogP contribution in [0.5, 0.6) is 0 Å². The average Bonchev–Trinajstić information content (AvgIpc) is 3.23. The van der Waals surface area contributed by atoms with Gasteiger partial charge in [0.15, 0.2) is 0 Å². The van der Waals surface area contributed by atoms with E-state index in [-0.39, 0.29) is 36.3 Å². The second-order valence-electron chi connectivity index (χ2n) is 12.6. The van der Waals surface area contributed by atoms with Crippen molar-refractivity contribution in [3.05, 3.63) is 94.0 Å². The number of hydrogen-bond donors (Lipinski definition) is 3. The van der Waals surface area contributed by atoms with Crippen LogP contribution in [0.15, 0.2) is 60.7 Å². The molecule has 2 aliphatic rings. The van der Waals surface area contributed by atoms with Crippen molar-refractivity contribution >= 4 is 6.09 Å². The van der Waals surface area contributed by atoms with Gasteiger partial charge in [-0.2, -0.15) is 0 Å². The molecule has 2 aliphatic carbocycles. The molecular formula is C34H41NO4. The standard InChI is InChI=1S/C34H41NO4/c1-21-18-28-29(34(4,5)16-15-33(28,2)3)19-26(21)31(37)30(36)14-17-35-32(38)39-20-27-24-12-8-6-10-22(24)23-11-7-9-13-25(23)27/h6-13,18-19,27,30-31,36-37H,14-17,20H2,1-5H3,(H,35,38). The zero-order chi connectivity index (χ0) is 27.9. The van der Waals surface area contributed by atoms with E-state index in [9.17, 15) is 15.0 Å². The summed E-state index contributed by atoms with van der Waals surface area (Å²) in [6.45, 7) is 11.5. The molecular weight excluding hydrogens is 486 g/mol. The molecule has 5 nitrogen and oxygen atoms in total. The van der Waals surface area contributed by atoms with Gasteiger partial charge in [-0.05, 0) is 81.5 Å². The molecule has 0 fully saturated rings. The second kappa shape index (κ2) is 10.4. The maximum Gasteiger partial charge on any atom is 0.407 e. The van der Waals surface area contributed by atoms with Crippen molar-refractivity contribution in [1.29, 1.82) is 0 Å². The molecule has 5 rings (SSSR count). The third-order valence-corrected chi connectivity index (χ3v) is 8.98. The highest BCUT2D eigenvalue weighted by atomic mass is 16.5. The summed E-state index contributed by atoms with van der Waals surface area (Å²) in [4.78, 5) is 12.5. The van der Waals surface area contributed by atoms with Crippen LogP contribution in [0.2, 0.25) is 0 Å². The number of benzene rings is 3. The average molecular weight is 528 g/mol. The highest BCUT2D eigenvalue weighted by molar-refractivity contribution is 5.79. The number of ether oxygens (including phenoxy) is 1. The van der Waals surface area contributed by atoms with Gasteiger partial charge in [0.25, 0.3) is 0 Å². The topological polar surface area (TPSA) is 78.8 Å². The Morgan fingerprint density at radius 2 is 1.46 bits per heavy atom. The van der Waals surface area contributed by atoms with Crippen molar-refractivity contribution in [3.8, 4) is 11.1 Å². The van der Waals surface area contributed by atoms with Gasteiger partial charge in [0.2, 0.25) is 0 Å². The number of aryl methyl sites for hydroxylation is 1. The smallest absolute Gasteiger partial charge is 0.407 e. The lowest BCUT2D eigenvalue weighted by atomic mass is 9.62. The zero-order valence-electron chi connectivity index (χ0n) is 23.8. The number of aliphatic hydroxyl groups is 2. The van der Waals surface area contributed by atoms with Crippen LogP contribution in [0, 0.1) is 6.92 Å². The Hall–Kier alpha value is -3.15. The predicted molar refractivity (Wildman–Crippen MR) is 155 cm³/mol. The van der Waals surface area contributed by atoms with Crippen LogP contribution in [-0.4, -0.2) is 35.6 Å². The van der Waals surface area contributed by atoms with Gasteiger partial charge in [-0.25, -0.2) is 4.79 Å². The third kappa shape index (κ3) is 5.22. The first-order valence-electron chi connectivity index (χ1n) is 14.1. The number of nitrogens with one attached hydrogen (secondary N) is 1. The molecule has 1 amide bonds. The number of alkyl carbamates (subject to hydrolysis) is 1. The Kier molecular flexibility index (Phi) is 7.34. The minimum absolute atomic E-state index is 0.00299. The van der Waals surface area contributed by atoms with Crippen LogP contribution >= 0.6 is 0 Å². The first kappa shape index (κ1) is 27.4. The number of amides is 1. The number of fused-ring (bicyclic) bond motifs is 4. The predicted octanol–water partition coefficient (Wildman–Crippen LogP) is 6.67. The lowest BCUT2D eigenvalue weighted by molar-refractivity contribution is 0.0132. The SMILES string of the molecule is Cc1cc2c(cc1C(O)C(O)CCNC(=O)OCC1c3ccccc3-c3ccccc31)C(C)(C)CCC2(C)C. The van der Waals surface area contributed by atoms with Crippen LogP contribution in [0.1, 0.15) is 92.4 Å². The minimum Gasteiger partial charge on any atom is -0.449 e. The van der Waals surface area contributed by atoms with Crippen molar-refractivity contribution < 1.29 is 19.7 Å². The summed E-state index contributed by atoms with van der Waals surface area (Å²) < 4.78 is 5.60. The van der Waals surface area contributed by atoms with Gasteiger partial charge in [0.05, 0.1) is 6.10 Å². The maximum absolute atomic E-state index is 12.5. The Morgan fingerprint density at radius 3 is 2.05 bits per heavy atom. The molecule has 2 atom stereocenters. The van der Waals surface area contributed by atoms with Gasteiger partial charge in [-0.1, -0.05) is 88.4 Å². The lowest BCUT2D eigenvalue weighted by Gasteiger charge is -2.42. The van der Waals surface area contributed by atoms with Crippen molar-refractivity contribution in [2.75, 3.05) is 13.2 Å². The van der Waals surface area contributed by atoms with E-state index < -0.39 is 18.3 Å². The molecule has 39 heavy (non-hydrogen) atoms. The Bertz CT molecular complexity index is 1330. The largest absolute Gasteiger partial charge is 0.449 e. The molecule has 0 saturated carbocycles. The highest BCUT2D eigenvalue weighted by Crippen LogP contribution is 2.47. The Morgan fingerprint density at radius 1 is 0.923 bits per heavy atom. The molecule has 3 aromatic carbocycles. The van der Waals surface area contributed by atoms with Gasteiger partial charge in [-0.15, -0.1) is 0 Å². The summed E-state index contributed by atoms with van der Waals surface area (Å²) in [5.41, 5.74) is 9.12. The zero-order valence-corrected chi connectivity index (χ0v) is 23.8. The van der Waals surface area contributed by atoms with Crippen LogP contribution in [0.25, 0.3) is 11.1 Å². The number of hydrogen-bond acceptors (Lipinski definition) is 4. The van der Waals surface area contributed by atoms with Crippen LogP contribution < -0.4 is 5.32 Å². The van der Waals surface area contributed by atoms with Gasteiger partial charge >= 0.3 is 6.09 Å². The minimum atomic E-state index is -1.03. The van der Waals surface area contributed by atoms with E-state index in [1.54, 1.807) is 0 Å². The molecule has 0 aliphatic heterocycles. The van der Waals surface area contributed by atoms with Crippen molar-refractivity contribution in [1.82, 2.24) is 5.32 Å². The molecule has 2 unspecified atom stereocenters. The number of rotatable bonds is 7. The molecule has 0 spiro atoms. The van der Waals surface area contributed by atoms with E-state index in [0.29, 0.717) is 0 Å². The molecule has 3 N–H and O–H groups in total.